The van der Waals surface area contributed by atoms with Crippen molar-refractivity contribution in [1.82, 2.24) is 9.55 Å². The third-order valence-corrected chi connectivity index (χ3v) is 6.24. The number of nitrogens with zero attached hydrogens (tertiary/aromatic N) is 2. The van der Waals surface area contributed by atoms with E-state index in [1.54, 1.807) is 0 Å². The summed E-state index contributed by atoms with van der Waals surface area (Å²) in [7, 11) is 0. The Hall–Kier alpha value is -4.37. The summed E-state index contributed by atoms with van der Waals surface area (Å²) in [5.41, 5.74) is 7.35. The molecule has 0 aliphatic heterocycles. The number of rotatable bonds is 2. The van der Waals surface area contributed by atoms with Gasteiger partial charge in [0.05, 0.1) is 16.7 Å². The fourth-order valence-corrected chi connectivity index (χ4v) is 4.79. The van der Waals surface area contributed by atoms with E-state index in [1.807, 2.05) is 36.5 Å². The highest BCUT2D eigenvalue weighted by atomic mass is 16.3. The minimum atomic E-state index is 0.906. The second kappa shape index (κ2) is 6.56. The zero-order valence-electron chi connectivity index (χ0n) is 17.2. The zero-order valence-corrected chi connectivity index (χ0v) is 17.2. The average Bonchev–Trinajstić information content (AvgIpc) is 3.38. The first-order chi connectivity index (χ1) is 15.9. The van der Waals surface area contributed by atoms with Gasteiger partial charge in [-0.25, -0.2) is 0 Å². The van der Waals surface area contributed by atoms with Gasteiger partial charge in [-0.1, -0.05) is 48.5 Å². The van der Waals surface area contributed by atoms with Crippen molar-refractivity contribution in [3.05, 3.63) is 109 Å². The van der Waals surface area contributed by atoms with Crippen LogP contribution >= 0.6 is 0 Å². The summed E-state index contributed by atoms with van der Waals surface area (Å²) in [6.07, 6.45) is 1.84. The monoisotopic (exact) mass is 410 g/mol. The molecule has 150 valence electrons. The van der Waals surface area contributed by atoms with Crippen LogP contribution in [0.15, 0.2) is 114 Å². The molecule has 3 heteroatoms. The summed E-state index contributed by atoms with van der Waals surface area (Å²) in [6.45, 7) is 0. The topological polar surface area (TPSA) is 31.0 Å². The highest BCUT2D eigenvalue weighted by Crippen LogP contribution is 2.39. The van der Waals surface area contributed by atoms with E-state index in [4.69, 9.17) is 4.42 Å². The van der Waals surface area contributed by atoms with Crippen molar-refractivity contribution in [3.8, 4) is 16.9 Å². The molecule has 3 aromatic heterocycles. The van der Waals surface area contributed by atoms with E-state index in [0.717, 1.165) is 44.4 Å². The van der Waals surface area contributed by atoms with Crippen LogP contribution in [0.4, 0.5) is 0 Å². The first-order valence-electron chi connectivity index (χ1n) is 10.7. The van der Waals surface area contributed by atoms with Crippen LogP contribution in [0.25, 0.3) is 60.7 Å². The van der Waals surface area contributed by atoms with Crippen molar-refractivity contribution in [1.29, 1.82) is 0 Å². The molecule has 3 nitrogen and oxygen atoms in total. The number of hydrogen-bond donors (Lipinski definition) is 0. The zero-order chi connectivity index (χ0) is 21.1. The summed E-state index contributed by atoms with van der Waals surface area (Å²) in [5, 5.41) is 4.70. The first-order valence-corrected chi connectivity index (χ1v) is 10.7. The molecule has 0 saturated heterocycles. The molecule has 0 aliphatic rings. The molecule has 4 aromatic carbocycles. The number of aromatic nitrogens is 2. The quantitative estimate of drug-likeness (QED) is 0.292. The third-order valence-electron chi connectivity index (χ3n) is 6.24. The van der Waals surface area contributed by atoms with E-state index in [1.165, 1.54) is 16.3 Å². The lowest BCUT2D eigenvalue weighted by Crippen LogP contribution is -1.93. The molecule has 0 fully saturated rings. The van der Waals surface area contributed by atoms with E-state index in [-0.39, 0.29) is 0 Å². The van der Waals surface area contributed by atoms with Crippen molar-refractivity contribution in [2.24, 2.45) is 0 Å². The Balaban J connectivity index is 1.64. The van der Waals surface area contributed by atoms with Crippen LogP contribution in [0.3, 0.4) is 0 Å². The molecule has 32 heavy (non-hydrogen) atoms. The van der Waals surface area contributed by atoms with E-state index in [9.17, 15) is 0 Å². The molecule has 0 N–H and O–H groups in total. The maximum Gasteiger partial charge on any atom is 0.137 e. The van der Waals surface area contributed by atoms with Crippen LogP contribution < -0.4 is 0 Å². The molecule has 3 heterocycles. The van der Waals surface area contributed by atoms with Gasteiger partial charge in [0.2, 0.25) is 0 Å². The largest absolute Gasteiger partial charge is 0.456 e. The van der Waals surface area contributed by atoms with Gasteiger partial charge in [-0.15, -0.1) is 0 Å². The second-order valence-corrected chi connectivity index (χ2v) is 8.08. The summed E-state index contributed by atoms with van der Waals surface area (Å²) in [4.78, 5) is 4.56. The van der Waals surface area contributed by atoms with Crippen molar-refractivity contribution in [2.75, 3.05) is 0 Å². The van der Waals surface area contributed by atoms with Crippen LogP contribution in [0, 0.1) is 0 Å². The van der Waals surface area contributed by atoms with Gasteiger partial charge in [-0.05, 0) is 48.5 Å². The number of hydrogen-bond acceptors (Lipinski definition) is 2. The molecule has 7 rings (SSSR count). The number of furan rings is 1. The minimum absolute atomic E-state index is 0.906. The number of fused-ring (bicyclic) bond motifs is 6. The van der Waals surface area contributed by atoms with Gasteiger partial charge < -0.3 is 8.98 Å². The van der Waals surface area contributed by atoms with E-state index in [2.05, 4.69) is 82.3 Å². The standard InChI is InChI=1S/C29H18N2O/c1-2-8-20(9-3-1)31-26-14-13-19(25-11-6-7-15-30-25)16-22(26)23-17-24-21-10-4-5-12-28(21)32-29(24)18-27(23)31/h1-18H. The fraction of sp³-hybridized carbons (Fsp3) is 0. The SMILES string of the molecule is c1ccc(-n2c3ccc(-c4ccccn4)cc3c3cc4c(cc32)oc2ccccc24)cc1. The predicted octanol–water partition coefficient (Wildman–Crippen LogP) is 7.75. The molecular weight excluding hydrogens is 392 g/mol. The molecule has 7 aromatic rings. The lowest BCUT2D eigenvalue weighted by molar-refractivity contribution is 0.669. The van der Waals surface area contributed by atoms with Crippen molar-refractivity contribution < 1.29 is 4.42 Å². The Bertz CT molecular complexity index is 1760. The Kier molecular flexibility index (Phi) is 3.55. The van der Waals surface area contributed by atoms with Gasteiger partial charge >= 0.3 is 0 Å². The van der Waals surface area contributed by atoms with Gasteiger partial charge in [-0.2, -0.15) is 0 Å². The van der Waals surface area contributed by atoms with Gasteiger partial charge in [0.25, 0.3) is 0 Å². The maximum absolute atomic E-state index is 6.22. The maximum atomic E-state index is 6.22. The highest BCUT2D eigenvalue weighted by Gasteiger charge is 2.17. The van der Waals surface area contributed by atoms with Crippen molar-refractivity contribution >= 4 is 43.7 Å². The molecule has 0 saturated carbocycles. The smallest absolute Gasteiger partial charge is 0.137 e. The van der Waals surface area contributed by atoms with E-state index in [0.29, 0.717) is 0 Å². The third kappa shape index (κ3) is 2.45. The minimum Gasteiger partial charge on any atom is -0.456 e. The number of benzene rings is 4. The van der Waals surface area contributed by atoms with E-state index < -0.39 is 0 Å². The van der Waals surface area contributed by atoms with Crippen LogP contribution in [-0.2, 0) is 0 Å². The normalized spacial score (nSPS) is 11.8. The summed E-state index contributed by atoms with van der Waals surface area (Å²) in [6, 6.07) is 35.8. The predicted molar refractivity (Wildman–Crippen MR) is 131 cm³/mol. The molecular formula is C29H18N2O. The summed E-state index contributed by atoms with van der Waals surface area (Å²) < 4.78 is 8.54. The van der Waals surface area contributed by atoms with Gasteiger partial charge in [-0.3, -0.25) is 4.98 Å². The number of pyridine rings is 1. The van der Waals surface area contributed by atoms with Crippen LogP contribution in [0.5, 0.6) is 0 Å². The summed E-state index contributed by atoms with van der Waals surface area (Å²) in [5.74, 6) is 0. The molecule has 0 aliphatic carbocycles. The Morgan fingerprint density at radius 2 is 1.38 bits per heavy atom. The summed E-state index contributed by atoms with van der Waals surface area (Å²) >= 11 is 0. The van der Waals surface area contributed by atoms with E-state index >= 15 is 0 Å². The average molecular weight is 410 g/mol. The second-order valence-electron chi connectivity index (χ2n) is 8.08. The first kappa shape index (κ1) is 17.3. The molecule has 0 atom stereocenters. The molecule has 0 radical (unpaired) electrons. The molecule has 0 spiro atoms. The lowest BCUT2D eigenvalue weighted by Gasteiger charge is -2.08. The van der Waals surface area contributed by atoms with Crippen molar-refractivity contribution in [2.45, 2.75) is 0 Å². The Labute approximate surface area is 184 Å². The van der Waals surface area contributed by atoms with Crippen LogP contribution in [0.1, 0.15) is 0 Å². The fourth-order valence-electron chi connectivity index (χ4n) is 4.79. The van der Waals surface area contributed by atoms with Gasteiger partial charge in [0, 0.05) is 45.1 Å². The molecule has 0 bridgehead atoms. The lowest BCUT2D eigenvalue weighted by atomic mass is 10.0. The Morgan fingerprint density at radius 3 is 2.25 bits per heavy atom. The molecule has 0 amide bonds. The van der Waals surface area contributed by atoms with Crippen molar-refractivity contribution in [3.63, 3.8) is 0 Å². The van der Waals surface area contributed by atoms with Crippen LogP contribution in [-0.4, -0.2) is 9.55 Å². The number of para-hydroxylation sites is 2. The van der Waals surface area contributed by atoms with Crippen LogP contribution in [0.2, 0.25) is 0 Å². The van der Waals surface area contributed by atoms with Gasteiger partial charge in [0.1, 0.15) is 11.2 Å². The van der Waals surface area contributed by atoms with Gasteiger partial charge in [0.15, 0.2) is 0 Å². The highest BCUT2D eigenvalue weighted by molar-refractivity contribution is 6.17. The molecule has 0 unspecified atom stereocenters. The Morgan fingerprint density at radius 1 is 0.562 bits per heavy atom.